The molecule has 0 saturated heterocycles. The van der Waals surface area contributed by atoms with Gasteiger partial charge in [0.15, 0.2) is 0 Å². The third kappa shape index (κ3) is 6.04. The smallest absolute Gasteiger partial charge is 0.303 e. The van der Waals surface area contributed by atoms with E-state index in [1.54, 1.807) is 0 Å². The molecule has 1 aromatic carbocycles. The molecule has 0 radical (unpaired) electrons. The van der Waals surface area contributed by atoms with E-state index in [0.717, 1.165) is 18.4 Å². The third-order valence-electron chi connectivity index (χ3n) is 4.55. The topological polar surface area (TPSA) is 52.6 Å². The normalized spacial score (nSPS) is 23.4. The molecule has 1 aliphatic rings. The van der Waals surface area contributed by atoms with Gasteiger partial charge in [-0.1, -0.05) is 56.3 Å². The summed E-state index contributed by atoms with van der Waals surface area (Å²) in [7, 11) is 0. The Kier molecular flexibility index (Phi) is 6.40. The van der Waals surface area contributed by atoms with Gasteiger partial charge in [-0.05, 0) is 23.8 Å². The van der Waals surface area contributed by atoms with E-state index in [9.17, 15) is 9.59 Å². The largest absolute Gasteiger partial charge is 0.462 e. The number of hydrogen-bond acceptors (Lipinski definition) is 4. The Labute approximate surface area is 150 Å². The molecule has 4 heteroatoms. The van der Waals surface area contributed by atoms with Gasteiger partial charge in [-0.15, -0.1) is 0 Å². The Balaban J connectivity index is 2.05. The van der Waals surface area contributed by atoms with Crippen LogP contribution in [-0.2, 0) is 19.1 Å². The van der Waals surface area contributed by atoms with Gasteiger partial charge in [-0.25, -0.2) is 0 Å². The monoisotopic (exact) mass is 344 g/mol. The van der Waals surface area contributed by atoms with Crippen LogP contribution in [0.25, 0.3) is 0 Å². The predicted molar refractivity (Wildman–Crippen MR) is 96.8 cm³/mol. The SMILES string of the molecule is CC(=O)OC(C/C=C\C1CC(C)(C)CC1OC(C)=O)c1ccccc1. The van der Waals surface area contributed by atoms with Gasteiger partial charge in [0.05, 0.1) is 0 Å². The summed E-state index contributed by atoms with van der Waals surface area (Å²) in [4.78, 5) is 22.7. The molecule has 0 bridgehead atoms. The number of ether oxygens (including phenoxy) is 2. The molecule has 4 nitrogen and oxygen atoms in total. The van der Waals surface area contributed by atoms with Crippen molar-refractivity contribution in [3.63, 3.8) is 0 Å². The van der Waals surface area contributed by atoms with Crippen LogP contribution in [0.15, 0.2) is 42.5 Å². The van der Waals surface area contributed by atoms with Gasteiger partial charge < -0.3 is 9.47 Å². The summed E-state index contributed by atoms with van der Waals surface area (Å²) in [5, 5.41) is 0. The van der Waals surface area contributed by atoms with Crippen LogP contribution >= 0.6 is 0 Å². The van der Waals surface area contributed by atoms with Crippen molar-refractivity contribution < 1.29 is 19.1 Å². The van der Waals surface area contributed by atoms with Crippen molar-refractivity contribution >= 4 is 11.9 Å². The van der Waals surface area contributed by atoms with Crippen molar-refractivity contribution in [3.05, 3.63) is 48.0 Å². The molecular weight excluding hydrogens is 316 g/mol. The fraction of sp³-hybridized carbons (Fsp3) is 0.524. The van der Waals surface area contributed by atoms with E-state index in [0.29, 0.717) is 6.42 Å². The Morgan fingerprint density at radius 3 is 2.44 bits per heavy atom. The van der Waals surface area contributed by atoms with Crippen LogP contribution in [0.3, 0.4) is 0 Å². The summed E-state index contributed by atoms with van der Waals surface area (Å²) in [5.41, 5.74) is 1.13. The summed E-state index contributed by atoms with van der Waals surface area (Å²) in [6.45, 7) is 7.28. The molecule has 2 rings (SSSR count). The van der Waals surface area contributed by atoms with Crippen molar-refractivity contribution in [2.45, 2.75) is 59.2 Å². The molecule has 25 heavy (non-hydrogen) atoms. The molecule has 0 N–H and O–H groups in total. The molecule has 0 heterocycles. The van der Waals surface area contributed by atoms with Crippen molar-refractivity contribution in [2.24, 2.45) is 11.3 Å². The van der Waals surface area contributed by atoms with Crippen LogP contribution in [0, 0.1) is 11.3 Å². The average Bonchev–Trinajstić information content (AvgIpc) is 2.80. The molecule has 0 spiro atoms. The molecule has 136 valence electrons. The van der Waals surface area contributed by atoms with Crippen molar-refractivity contribution in [3.8, 4) is 0 Å². The molecular formula is C21H28O4. The fourth-order valence-corrected chi connectivity index (χ4v) is 3.58. The molecule has 0 amide bonds. The second kappa shape index (κ2) is 8.32. The first-order chi connectivity index (χ1) is 11.8. The van der Waals surface area contributed by atoms with Gasteiger partial charge in [0.25, 0.3) is 0 Å². The summed E-state index contributed by atoms with van der Waals surface area (Å²) in [6.07, 6.45) is 6.24. The maximum absolute atomic E-state index is 11.4. The second-order valence-electron chi connectivity index (χ2n) is 7.56. The van der Waals surface area contributed by atoms with Crippen molar-refractivity contribution in [2.75, 3.05) is 0 Å². The zero-order chi connectivity index (χ0) is 18.4. The highest BCUT2D eigenvalue weighted by atomic mass is 16.5. The van der Waals surface area contributed by atoms with E-state index in [-0.39, 0.29) is 35.5 Å². The summed E-state index contributed by atoms with van der Waals surface area (Å²) in [5.74, 6) is -0.321. The van der Waals surface area contributed by atoms with Crippen molar-refractivity contribution in [1.29, 1.82) is 0 Å². The Morgan fingerprint density at radius 2 is 1.84 bits per heavy atom. The van der Waals surface area contributed by atoms with Gasteiger partial charge in [0.1, 0.15) is 12.2 Å². The Bertz CT molecular complexity index is 618. The number of carbonyl (C=O) groups excluding carboxylic acids is 2. The predicted octanol–water partition coefficient (Wildman–Crippen LogP) is 4.61. The van der Waals surface area contributed by atoms with Crippen LogP contribution < -0.4 is 0 Å². The minimum Gasteiger partial charge on any atom is -0.462 e. The lowest BCUT2D eigenvalue weighted by Crippen LogP contribution is -2.19. The van der Waals surface area contributed by atoms with E-state index < -0.39 is 0 Å². The first kappa shape index (κ1) is 19.2. The number of esters is 2. The molecule has 3 atom stereocenters. The number of rotatable bonds is 6. The van der Waals surface area contributed by atoms with E-state index in [1.807, 2.05) is 36.4 Å². The minimum atomic E-state index is -0.295. The Morgan fingerprint density at radius 1 is 1.16 bits per heavy atom. The van der Waals surface area contributed by atoms with Gasteiger partial charge in [-0.3, -0.25) is 9.59 Å². The molecule has 1 fully saturated rings. The highest BCUT2D eigenvalue weighted by Crippen LogP contribution is 2.43. The lowest BCUT2D eigenvalue weighted by atomic mass is 9.90. The average molecular weight is 344 g/mol. The zero-order valence-corrected chi connectivity index (χ0v) is 15.5. The first-order valence-electron chi connectivity index (χ1n) is 8.83. The van der Waals surface area contributed by atoms with Crippen LogP contribution in [-0.4, -0.2) is 18.0 Å². The number of benzene rings is 1. The zero-order valence-electron chi connectivity index (χ0n) is 15.5. The highest BCUT2D eigenvalue weighted by molar-refractivity contribution is 5.66. The minimum absolute atomic E-state index is 0.0762. The highest BCUT2D eigenvalue weighted by Gasteiger charge is 2.39. The molecule has 1 aromatic rings. The lowest BCUT2D eigenvalue weighted by Gasteiger charge is -2.18. The number of hydrogen-bond donors (Lipinski definition) is 0. The van der Waals surface area contributed by atoms with E-state index in [2.05, 4.69) is 19.9 Å². The second-order valence-corrected chi connectivity index (χ2v) is 7.56. The Hall–Kier alpha value is -2.10. The van der Waals surface area contributed by atoms with Crippen LogP contribution in [0.5, 0.6) is 0 Å². The molecule has 0 aromatic heterocycles. The van der Waals surface area contributed by atoms with Crippen molar-refractivity contribution in [1.82, 2.24) is 0 Å². The van der Waals surface area contributed by atoms with Crippen LogP contribution in [0.4, 0.5) is 0 Å². The summed E-state index contributed by atoms with van der Waals surface area (Å²) in [6, 6.07) is 9.73. The maximum Gasteiger partial charge on any atom is 0.303 e. The number of carbonyl (C=O) groups is 2. The van der Waals surface area contributed by atoms with E-state index in [1.165, 1.54) is 13.8 Å². The molecule has 3 unspecified atom stereocenters. The van der Waals surface area contributed by atoms with E-state index >= 15 is 0 Å². The lowest BCUT2D eigenvalue weighted by molar-refractivity contribution is -0.148. The van der Waals surface area contributed by atoms with Gasteiger partial charge in [0.2, 0.25) is 0 Å². The standard InChI is InChI=1S/C21H28O4/c1-15(22)24-19(17-9-6-5-7-10-17)12-8-11-18-13-21(3,4)14-20(18)25-16(2)23/h5-11,18-20H,12-14H2,1-4H3/b11-8-. The maximum atomic E-state index is 11.4. The van der Waals surface area contributed by atoms with Gasteiger partial charge in [-0.2, -0.15) is 0 Å². The van der Waals surface area contributed by atoms with E-state index in [4.69, 9.17) is 9.47 Å². The summed E-state index contributed by atoms with van der Waals surface area (Å²) >= 11 is 0. The molecule has 0 aliphatic heterocycles. The first-order valence-corrected chi connectivity index (χ1v) is 8.83. The quantitative estimate of drug-likeness (QED) is 0.559. The molecule has 1 aliphatic carbocycles. The van der Waals surface area contributed by atoms with Crippen LogP contribution in [0.2, 0.25) is 0 Å². The molecule has 1 saturated carbocycles. The third-order valence-corrected chi connectivity index (χ3v) is 4.55. The van der Waals surface area contributed by atoms with Crippen LogP contribution in [0.1, 0.15) is 58.6 Å². The summed E-state index contributed by atoms with van der Waals surface area (Å²) < 4.78 is 10.9. The fourth-order valence-electron chi connectivity index (χ4n) is 3.58. The van der Waals surface area contributed by atoms with Gasteiger partial charge in [0, 0.05) is 26.2 Å². The van der Waals surface area contributed by atoms with Gasteiger partial charge >= 0.3 is 11.9 Å².